The lowest BCUT2D eigenvalue weighted by molar-refractivity contribution is 0.190. The molecule has 3 aromatic heterocycles. The number of hydrogen-bond donors (Lipinski definition) is 1. The molecule has 6 nitrogen and oxygen atoms in total. The normalized spacial score (nSPS) is 19.0. The van der Waals surface area contributed by atoms with E-state index in [1.54, 1.807) is 11.3 Å². The van der Waals surface area contributed by atoms with Crippen molar-refractivity contribution in [2.75, 3.05) is 31.5 Å². The quantitative estimate of drug-likeness (QED) is 0.772. The van der Waals surface area contributed by atoms with Crippen LogP contribution in [0.15, 0.2) is 29.0 Å². The maximum Gasteiger partial charge on any atom is 0.186 e. The first kappa shape index (κ1) is 15.5. The number of thiophene rings is 1. The summed E-state index contributed by atoms with van der Waals surface area (Å²) < 4.78 is 1.81. The standard InChI is InChI=1S/C17H22N6S/c1-13-3-2-8-22(11-13)9-7-18-15-4-5-16-19-20-17(23(16)21-15)14-6-10-24-12-14/h4-6,10,12-13H,2-3,7-9,11H2,1H3,(H,18,21). The van der Waals surface area contributed by atoms with E-state index in [0.717, 1.165) is 41.9 Å². The summed E-state index contributed by atoms with van der Waals surface area (Å²) in [5, 5.41) is 20.7. The van der Waals surface area contributed by atoms with Gasteiger partial charge in [-0.1, -0.05) is 6.92 Å². The molecule has 0 aromatic carbocycles. The van der Waals surface area contributed by atoms with E-state index in [1.807, 2.05) is 28.1 Å². The second-order valence-corrected chi connectivity index (χ2v) is 7.28. The van der Waals surface area contributed by atoms with Crippen molar-refractivity contribution in [1.29, 1.82) is 0 Å². The maximum atomic E-state index is 4.66. The highest BCUT2D eigenvalue weighted by Crippen LogP contribution is 2.21. The van der Waals surface area contributed by atoms with Crippen LogP contribution < -0.4 is 5.32 Å². The van der Waals surface area contributed by atoms with Crippen LogP contribution in [0.3, 0.4) is 0 Å². The molecule has 0 bridgehead atoms. The zero-order chi connectivity index (χ0) is 16.4. The molecule has 126 valence electrons. The Morgan fingerprint density at radius 2 is 2.25 bits per heavy atom. The topological polar surface area (TPSA) is 58.3 Å². The summed E-state index contributed by atoms with van der Waals surface area (Å²) >= 11 is 1.65. The number of likely N-dealkylation sites (tertiary alicyclic amines) is 1. The molecule has 4 rings (SSSR count). The number of hydrogen-bond acceptors (Lipinski definition) is 6. The zero-order valence-corrected chi connectivity index (χ0v) is 14.7. The molecule has 1 aliphatic heterocycles. The van der Waals surface area contributed by atoms with Gasteiger partial charge in [0.2, 0.25) is 0 Å². The Hall–Kier alpha value is -1.99. The number of fused-ring (bicyclic) bond motifs is 1. The molecule has 0 radical (unpaired) electrons. The molecule has 0 spiro atoms. The van der Waals surface area contributed by atoms with Gasteiger partial charge < -0.3 is 10.2 Å². The monoisotopic (exact) mass is 342 g/mol. The molecule has 4 heterocycles. The number of nitrogens with zero attached hydrogens (tertiary/aromatic N) is 5. The van der Waals surface area contributed by atoms with E-state index in [-0.39, 0.29) is 0 Å². The van der Waals surface area contributed by atoms with Crippen LogP contribution in [0, 0.1) is 5.92 Å². The molecular weight excluding hydrogens is 320 g/mol. The molecule has 7 heteroatoms. The minimum Gasteiger partial charge on any atom is -0.367 e. The van der Waals surface area contributed by atoms with Crippen molar-refractivity contribution >= 4 is 22.8 Å². The van der Waals surface area contributed by atoms with Gasteiger partial charge in [-0.3, -0.25) is 0 Å². The molecule has 0 aliphatic carbocycles. The van der Waals surface area contributed by atoms with E-state index in [0.29, 0.717) is 0 Å². The van der Waals surface area contributed by atoms with Gasteiger partial charge in [-0.05, 0) is 48.9 Å². The van der Waals surface area contributed by atoms with E-state index in [4.69, 9.17) is 0 Å². The van der Waals surface area contributed by atoms with Gasteiger partial charge in [0, 0.05) is 30.6 Å². The number of nitrogens with one attached hydrogen (secondary N) is 1. The predicted octanol–water partition coefficient (Wildman–Crippen LogP) is 3.00. The first-order chi connectivity index (χ1) is 11.8. The van der Waals surface area contributed by atoms with Gasteiger partial charge in [0.05, 0.1) is 0 Å². The lowest BCUT2D eigenvalue weighted by atomic mass is 10.0. The predicted molar refractivity (Wildman–Crippen MR) is 97.4 cm³/mol. The molecule has 1 atom stereocenters. The third kappa shape index (κ3) is 3.27. The van der Waals surface area contributed by atoms with Gasteiger partial charge >= 0.3 is 0 Å². The summed E-state index contributed by atoms with van der Waals surface area (Å²) in [6, 6.07) is 5.97. The van der Waals surface area contributed by atoms with Gasteiger partial charge in [0.1, 0.15) is 5.82 Å². The molecule has 1 aliphatic rings. The van der Waals surface area contributed by atoms with Crippen LogP contribution in [0.4, 0.5) is 5.82 Å². The average molecular weight is 342 g/mol. The second-order valence-electron chi connectivity index (χ2n) is 6.50. The lowest BCUT2D eigenvalue weighted by Crippen LogP contribution is -2.37. The van der Waals surface area contributed by atoms with Crippen LogP contribution >= 0.6 is 11.3 Å². The van der Waals surface area contributed by atoms with Crippen LogP contribution in [0.25, 0.3) is 17.0 Å². The van der Waals surface area contributed by atoms with Crippen molar-refractivity contribution in [3.8, 4) is 11.4 Å². The molecule has 0 saturated carbocycles. The van der Waals surface area contributed by atoms with Crippen LogP contribution in [-0.4, -0.2) is 50.9 Å². The Labute approximate surface area is 145 Å². The summed E-state index contributed by atoms with van der Waals surface area (Å²) in [7, 11) is 0. The fraction of sp³-hybridized carbons (Fsp3) is 0.471. The number of rotatable bonds is 5. The highest BCUT2D eigenvalue weighted by molar-refractivity contribution is 7.08. The molecule has 0 amide bonds. The number of anilines is 1. The van der Waals surface area contributed by atoms with E-state index in [1.165, 1.54) is 25.9 Å². The van der Waals surface area contributed by atoms with Gasteiger partial charge in [-0.25, -0.2) is 0 Å². The molecule has 1 N–H and O–H groups in total. The third-order valence-corrected chi connectivity index (χ3v) is 5.20. The van der Waals surface area contributed by atoms with Crippen molar-refractivity contribution in [3.63, 3.8) is 0 Å². The number of piperidine rings is 1. The van der Waals surface area contributed by atoms with Crippen molar-refractivity contribution < 1.29 is 0 Å². The Bertz CT molecular complexity index is 797. The Morgan fingerprint density at radius 3 is 3.08 bits per heavy atom. The van der Waals surface area contributed by atoms with Crippen LogP contribution in [-0.2, 0) is 0 Å². The maximum absolute atomic E-state index is 4.66. The Kier molecular flexibility index (Phi) is 4.44. The first-order valence-electron chi connectivity index (χ1n) is 8.51. The van der Waals surface area contributed by atoms with Gasteiger partial charge in [0.25, 0.3) is 0 Å². The van der Waals surface area contributed by atoms with Crippen LogP contribution in [0.1, 0.15) is 19.8 Å². The third-order valence-electron chi connectivity index (χ3n) is 4.52. The molecule has 1 unspecified atom stereocenters. The minimum atomic E-state index is 0.770. The SMILES string of the molecule is CC1CCCN(CCNc2ccc3nnc(-c4ccsc4)n3n2)C1. The largest absolute Gasteiger partial charge is 0.367 e. The molecule has 1 saturated heterocycles. The molecule has 1 fully saturated rings. The fourth-order valence-corrected chi connectivity index (χ4v) is 3.92. The average Bonchev–Trinajstić information content (AvgIpc) is 3.23. The zero-order valence-electron chi connectivity index (χ0n) is 13.9. The summed E-state index contributed by atoms with van der Waals surface area (Å²) in [5.74, 6) is 2.47. The first-order valence-corrected chi connectivity index (χ1v) is 9.45. The molecule has 24 heavy (non-hydrogen) atoms. The van der Waals surface area contributed by atoms with E-state index >= 15 is 0 Å². The van der Waals surface area contributed by atoms with Crippen molar-refractivity contribution in [2.45, 2.75) is 19.8 Å². The van der Waals surface area contributed by atoms with Gasteiger partial charge in [-0.2, -0.15) is 15.9 Å². The number of aromatic nitrogens is 4. The van der Waals surface area contributed by atoms with Crippen molar-refractivity contribution in [2.24, 2.45) is 5.92 Å². The smallest absolute Gasteiger partial charge is 0.186 e. The summed E-state index contributed by atoms with van der Waals surface area (Å²) in [6.45, 7) is 6.73. The van der Waals surface area contributed by atoms with Gasteiger partial charge in [0.15, 0.2) is 11.5 Å². The summed E-state index contributed by atoms with van der Waals surface area (Å²) in [6.07, 6.45) is 2.68. The van der Waals surface area contributed by atoms with Crippen LogP contribution in [0.5, 0.6) is 0 Å². The van der Waals surface area contributed by atoms with E-state index < -0.39 is 0 Å². The molecular formula is C17H22N6S. The Balaban J connectivity index is 1.44. The second kappa shape index (κ2) is 6.86. The Morgan fingerprint density at radius 1 is 1.29 bits per heavy atom. The summed E-state index contributed by atoms with van der Waals surface area (Å²) in [4.78, 5) is 2.54. The van der Waals surface area contributed by atoms with E-state index in [9.17, 15) is 0 Å². The highest BCUT2D eigenvalue weighted by atomic mass is 32.1. The fourth-order valence-electron chi connectivity index (χ4n) is 3.29. The minimum absolute atomic E-state index is 0.770. The molecule has 3 aromatic rings. The van der Waals surface area contributed by atoms with E-state index in [2.05, 4.69) is 37.8 Å². The van der Waals surface area contributed by atoms with Crippen molar-refractivity contribution in [3.05, 3.63) is 29.0 Å². The van der Waals surface area contributed by atoms with Gasteiger partial charge in [-0.15, -0.1) is 15.3 Å². The highest BCUT2D eigenvalue weighted by Gasteiger charge is 2.15. The summed E-state index contributed by atoms with van der Waals surface area (Å²) in [5.41, 5.74) is 1.83. The van der Waals surface area contributed by atoms with Crippen LogP contribution in [0.2, 0.25) is 0 Å². The van der Waals surface area contributed by atoms with Crippen molar-refractivity contribution in [1.82, 2.24) is 24.7 Å². The lowest BCUT2D eigenvalue weighted by Gasteiger charge is -2.30.